The monoisotopic (exact) mass is 260 g/mol. The summed E-state index contributed by atoms with van der Waals surface area (Å²) in [6.07, 6.45) is 0.883. The molecule has 0 aromatic rings. The third-order valence-electron chi connectivity index (χ3n) is 3.25. The van der Waals surface area contributed by atoms with Gasteiger partial charge in [0.2, 0.25) is 0 Å². The predicted molar refractivity (Wildman–Crippen MR) is 69.4 cm³/mol. The predicted octanol–water partition coefficient (Wildman–Crippen LogP) is 2.53. The van der Waals surface area contributed by atoms with Crippen LogP contribution in [0.15, 0.2) is 0 Å². The maximum atomic E-state index is 11.6. The summed E-state index contributed by atoms with van der Waals surface area (Å²) < 4.78 is 10.7. The highest BCUT2D eigenvalue weighted by Crippen LogP contribution is 2.37. The van der Waals surface area contributed by atoms with E-state index in [1.165, 1.54) is 7.11 Å². The second-order valence-electron chi connectivity index (χ2n) is 5.63. The zero-order valence-corrected chi connectivity index (χ0v) is 12.7. The van der Waals surface area contributed by atoms with Gasteiger partial charge in [-0.2, -0.15) is 0 Å². The van der Waals surface area contributed by atoms with Gasteiger partial charge in [-0.05, 0) is 24.6 Å². The van der Waals surface area contributed by atoms with Crippen LogP contribution in [0.5, 0.6) is 0 Å². The van der Waals surface area contributed by atoms with E-state index in [1.807, 2.05) is 0 Å². The van der Waals surface area contributed by atoms with Gasteiger partial charge in [-0.3, -0.25) is 0 Å². The van der Waals surface area contributed by atoms with Crippen molar-refractivity contribution in [2.45, 2.75) is 57.8 Å². The highest BCUT2D eigenvalue weighted by Gasteiger charge is 2.40. The first kappa shape index (κ1) is 16.3. The Kier molecular flexibility index (Phi) is 6.05. The molecule has 0 spiro atoms. The molecule has 17 heavy (non-hydrogen) atoms. The Labute approximate surface area is 105 Å². The van der Waals surface area contributed by atoms with E-state index in [0.29, 0.717) is 12.8 Å². The molecule has 0 aromatic carbocycles. The van der Waals surface area contributed by atoms with E-state index in [-0.39, 0.29) is 5.04 Å². The van der Waals surface area contributed by atoms with E-state index >= 15 is 0 Å². The molecular weight excluding hydrogens is 236 g/mol. The lowest BCUT2D eigenvalue weighted by atomic mass is 10.2. The van der Waals surface area contributed by atoms with E-state index in [2.05, 4.69) is 33.9 Å². The minimum atomic E-state index is -2.01. The molecule has 0 heterocycles. The minimum Gasteiger partial charge on any atom is -0.467 e. The molecule has 0 aromatic heterocycles. The SMILES string of the molecule is COC(=O)[C@@H](CCC=O)O[Si](C)(C)C(C)(C)C. The largest absolute Gasteiger partial charge is 0.467 e. The van der Waals surface area contributed by atoms with Crippen LogP contribution in [0.2, 0.25) is 18.1 Å². The van der Waals surface area contributed by atoms with Crippen molar-refractivity contribution in [3.8, 4) is 0 Å². The number of methoxy groups -OCH3 is 1. The molecule has 0 unspecified atom stereocenters. The Bertz CT molecular complexity index is 268. The topological polar surface area (TPSA) is 52.6 Å². The molecule has 5 heteroatoms. The summed E-state index contributed by atoms with van der Waals surface area (Å²) in [7, 11) is -0.675. The van der Waals surface area contributed by atoms with Crippen LogP contribution < -0.4 is 0 Å². The summed E-state index contributed by atoms with van der Waals surface area (Å²) in [5.74, 6) is -0.392. The Hall–Kier alpha value is -0.683. The Morgan fingerprint density at radius 3 is 2.24 bits per heavy atom. The van der Waals surface area contributed by atoms with Gasteiger partial charge in [0.05, 0.1) is 7.11 Å². The molecule has 0 aliphatic heterocycles. The smallest absolute Gasteiger partial charge is 0.333 e. The van der Waals surface area contributed by atoms with Crippen LogP contribution in [0.1, 0.15) is 33.6 Å². The summed E-state index contributed by atoms with van der Waals surface area (Å²) in [5.41, 5.74) is 0. The van der Waals surface area contributed by atoms with E-state index in [1.54, 1.807) is 0 Å². The van der Waals surface area contributed by atoms with Crippen LogP contribution in [-0.2, 0) is 18.8 Å². The maximum absolute atomic E-state index is 11.6. The molecule has 0 amide bonds. The van der Waals surface area contributed by atoms with E-state index in [0.717, 1.165) is 6.29 Å². The van der Waals surface area contributed by atoms with Gasteiger partial charge < -0.3 is 14.0 Å². The highest BCUT2D eigenvalue weighted by atomic mass is 28.4. The number of aldehydes is 1. The van der Waals surface area contributed by atoms with Crippen LogP contribution in [-0.4, -0.2) is 33.8 Å². The van der Waals surface area contributed by atoms with Crippen molar-refractivity contribution in [3.05, 3.63) is 0 Å². The zero-order valence-electron chi connectivity index (χ0n) is 11.7. The molecule has 0 fully saturated rings. The summed E-state index contributed by atoms with van der Waals surface area (Å²) in [6, 6.07) is 0. The Morgan fingerprint density at radius 2 is 1.88 bits per heavy atom. The van der Waals surface area contributed by atoms with Crippen LogP contribution >= 0.6 is 0 Å². The lowest BCUT2D eigenvalue weighted by Crippen LogP contribution is -2.46. The molecule has 0 saturated carbocycles. The van der Waals surface area contributed by atoms with Crippen molar-refractivity contribution in [3.63, 3.8) is 0 Å². The summed E-state index contributed by atoms with van der Waals surface area (Å²) >= 11 is 0. The molecule has 0 aliphatic rings. The van der Waals surface area contributed by atoms with Crippen molar-refractivity contribution in [1.29, 1.82) is 0 Å². The third kappa shape index (κ3) is 5.00. The Balaban J connectivity index is 4.73. The fraction of sp³-hybridized carbons (Fsp3) is 0.833. The summed E-state index contributed by atoms with van der Waals surface area (Å²) in [6.45, 7) is 10.5. The van der Waals surface area contributed by atoms with Crippen molar-refractivity contribution in [2.24, 2.45) is 0 Å². The second-order valence-corrected chi connectivity index (χ2v) is 10.4. The standard InChI is InChI=1S/C12H24O4Si/c1-12(2,3)17(5,6)16-10(8-7-9-13)11(14)15-4/h9-10H,7-8H2,1-6H3/t10-/m1/s1. The van der Waals surface area contributed by atoms with Crippen molar-refractivity contribution >= 4 is 20.6 Å². The molecule has 1 atom stereocenters. The number of esters is 1. The highest BCUT2D eigenvalue weighted by molar-refractivity contribution is 6.74. The normalized spacial score (nSPS) is 14.2. The molecule has 0 radical (unpaired) electrons. The molecule has 0 rings (SSSR count). The first-order valence-corrected chi connectivity index (χ1v) is 8.76. The van der Waals surface area contributed by atoms with E-state index in [4.69, 9.17) is 9.16 Å². The van der Waals surface area contributed by atoms with Gasteiger partial charge in [0, 0.05) is 6.42 Å². The van der Waals surface area contributed by atoms with Crippen molar-refractivity contribution in [2.75, 3.05) is 7.11 Å². The molecule has 0 aliphatic carbocycles. The third-order valence-corrected chi connectivity index (χ3v) is 7.74. The lowest BCUT2D eigenvalue weighted by molar-refractivity contribution is -0.149. The number of rotatable bonds is 6. The van der Waals surface area contributed by atoms with Gasteiger partial charge in [-0.1, -0.05) is 20.8 Å². The second kappa shape index (κ2) is 6.30. The molecule has 0 N–H and O–H groups in total. The zero-order chi connectivity index (χ0) is 13.7. The van der Waals surface area contributed by atoms with E-state index < -0.39 is 20.4 Å². The molecule has 0 bridgehead atoms. The first-order chi connectivity index (χ1) is 7.65. The van der Waals surface area contributed by atoms with Crippen LogP contribution in [0, 0.1) is 0 Å². The van der Waals surface area contributed by atoms with Crippen LogP contribution in [0.3, 0.4) is 0 Å². The average Bonchev–Trinajstić information content (AvgIpc) is 2.21. The number of ether oxygens (including phenoxy) is 1. The number of carbonyl (C=O) groups is 2. The van der Waals surface area contributed by atoms with Crippen molar-refractivity contribution in [1.82, 2.24) is 0 Å². The fourth-order valence-electron chi connectivity index (χ4n) is 1.11. The summed E-state index contributed by atoms with van der Waals surface area (Å²) in [4.78, 5) is 22.0. The van der Waals surface area contributed by atoms with Gasteiger partial charge in [0.15, 0.2) is 8.32 Å². The molecular formula is C12H24O4Si. The average molecular weight is 260 g/mol. The van der Waals surface area contributed by atoms with Crippen LogP contribution in [0.4, 0.5) is 0 Å². The van der Waals surface area contributed by atoms with Gasteiger partial charge in [-0.25, -0.2) is 4.79 Å². The quantitative estimate of drug-likeness (QED) is 0.418. The fourth-order valence-corrected chi connectivity index (χ4v) is 2.39. The Morgan fingerprint density at radius 1 is 1.35 bits per heavy atom. The van der Waals surface area contributed by atoms with E-state index in [9.17, 15) is 9.59 Å². The number of carbonyl (C=O) groups excluding carboxylic acids is 2. The van der Waals surface area contributed by atoms with Gasteiger partial charge in [-0.15, -0.1) is 0 Å². The van der Waals surface area contributed by atoms with Crippen molar-refractivity contribution < 1.29 is 18.8 Å². The van der Waals surface area contributed by atoms with Gasteiger partial charge >= 0.3 is 5.97 Å². The van der Waals surface area contributed by atoms with Gasteiger partial charge in [0.25, 0.3) is 0 Å². The minimum absolute atomic E-state index is 0.0282. The number of hydrogen-bond donors (Lipinski definition) is 0. The lowest BCUT2D eigenvalue weighted by Gasteiger charge is -2.38. The van der Waals surface area contributed by atoms with Gasteiger partial charge in [0.1, 0.15) is 12.4 Å². The van der Waals surface area contributed by atoms with Crippen LogP contribution in [0.25, 0.3) is 0 Å². The molecule has 0 saturated heterocycles. The number of hydrogen-bond acceptors (Lipinski definition) is 4. The summed E-state index contributed by atoms with van der Waals surface area (Å²) in [5, 5.41) is 0.0282. The maximum Gasteiger partial charge on any atom is 0.333 e. The first-order valence-electron chi connectivity index (χ1n) is 5.85. The molecule has 100 valence electrons. The molecule has 4 nitrogen and oxygen atoms in total.